The van der Waals surface area contributed by atoms with Gasteiger partial charge in [0.25, 0.3) is 0 Å². The van der Waals surface area contributed by atoms with Gasteiger partial charge in [-0.25, -0.2) is 0 Å². The summed E-state index contributed by atoms with van der Waals surface area (Å²) in [5, 5.41) is 3.62. The molecule has 2 rings (SSSR count). The molecule has 0 aliphatic carbocycles. The van der Waals surface area contributed by atoms with Crippen LogP contribution in [0.5, 0.6) is 0 Å². The van der Waals surface area contributed by atoms with Crippen LogP contribution in [0.15, 0.2) is 0 Å². The Balaban J connectivity index is 1.92. The van der Waals surface area contributed by atoms with Gasteiger partial charge in [0.15, 0.2) is 0 Å². The van der Waals surface area contributed by atoms with Crippen LogP contribution in [0.2, 0.25) is 0 Å². The highest BCUT2D eigenvalue weighted by Gasteiger charge is 2.37. The summed E-state index contributed by atoms with van der Waals surface area (Å²) < 4.78 is 11.6. The van der Waals surface area contributed by atoms with Gasteiger partial charge in [0, 0.05) is 38.2 Å². The van der Waals surface area contributed by atoms with Crippen LogP contribution >= 0.6 is 0 Å². The summed E-state index contributed by atoms with van der Waals surface area (Å²) in [5.41, 5.74) is 0.284. The predicted octanol–water partition coefficient (Wildman–Crippen LogP) is 1.89. The number of hydrogen-bond donors (Lipinski definition) is 1. The second kappa shape index (κ2) is 7.21. The minimum absolute atomic E-state index is 0.00812. The Morgan fingerprint density at radius 1 is 1.25 bits per heavy atom. The van der Waals surface area contributed by atoms with E-state index in [2.05, 4.69) is 31.0 Å². The molecular weight excluding hydrogens is 252 g/mol. The van der Waals surface area contributed by atoms with Gasteiger partial charge in [-0.2, -0.15) is 0 Å². The van der Waals surface area contributed by atoms with Crippen LogP contribution in [0.1, 0.15) is 40.0 Å². The lowest BCUT2D eigenvalue weighted by Crippen LogP contribution is -2.55. The fourth-order valence-electron chi connectivity index (χ4n) is 3.48. The molecule has 0 aromatic heterocycles. The first-order valence-corrected chi connectivity index (χ1v) is 8.20. The normalized spacial score (nSPS) is 31.4. The van der Waals surface area contributed by atoms with E-state index < -0.39 is 0 Å². The van der Waals surface area contributed by atoms with Gasteiger partial charge in [-0.15, -0.1) is 0 Å². The highest BCUT2D eigenvalue weighted by molar-refractivity contribution is 4.90. The van der Waals surface area contributed by atoms with Gasteiger partial charge in [0.2, 0.25) is 0 Å². The molecule has 2 aliphatic rings. The molecule has 4 nitrogen and oxygen atoms in total. The van der Waals surface area contributed by atoms with Crippen LogP contribution in [0.25, 0.3) is 0 Å². The lowest BCUT2D eigenvalue weighted by Gasteiger charge is -2.45. The van der Waals surface area contributed by atoms with Crippen LogP contribution in [0.3, 0.4) is 0 Å². The van der Waals surface area contributed by atoms with Crippen LogP contribution in [0.4, 0.5) is 0 Å². The zero-order valence-electron chi connectivity index (χ0n) is 13.5. The Morgan fingerprint density at radius 2 is 2.10 bits per heavy atom. The van der Waals surface area contributed by atoms with E-state index in [1.165, 1.54) is 19.3 Å². The molecule has 20 heavy (non-hydrogen) atoms. The number of hydrogen-bond acceptors (Lipinski definition) is 4. The molecular formula is C16H32N2O2. The first-order valence-electron chi connectivity index (χ1n) is 8.20. The smallest absolute Gasteiger partial charge is 0.0753 e. The maximum Gasteiger partial charge on any atom is 0.0753 e. The second-order valence-electron chi connectivity index (χ2n) is 7.15. The van der Waals surface area contributed by atoms with Gasteiger partial charge in [0.05, 0.1) is 18.8 Å². The summed E-state index contributed by atoms with van der Waals surface area (Å²) in [7, 11) is 0. The van der Waals surface area contributed by atoms with E-state index in [4.69, 9.17) is 9.47 Å². The van der Waals surface area contributed by atoms with Crippen LogP contribution in [-0.2, 0) is 9.47 Å². The zero-order valence-corrected chi connectivity index (χ0v) is 13.5. The van der Waals surface area contributed by atoms with Crippen molar-refractivity contribution in [3.05, 3.63) is 0 Å². The van der Waals surface area contributed by atoms with E-state index in [1.807, 2.05) is 0 Å². The van der Waals surface area contributed by atoms with Gasteiger partial charge >= 0.3 is 0 Å². The Kier molecular flexibility index (Phi) is 5.84. The average Bonchev–Trinajstić information content (AvgIpc) is 2.39. The largest absolute Gasteiger partial charge is 0.381 e. The van der Waals surface area contributed by atoms with Gasteiger partial charge in [-0.1, -0.05) is 6.92 Å². The first-order chi connectivity index (χ1) is 9.55. The SMILES string of the molecule is CCCNCC1(CN2CCOC(C)(C)C2)CCCOC1. The molecule has 1 N–H and O–H groups in total. The van der Waals surface area contributed by atoms with Crippen LogP contribution < -0.4 is 5.32 Å². The third-order valence-corrected chi connectivity index (χ3v) is 4.39. The van der Waals surface area contributed by atoms with Crippen molar-refractivity contribution < 1.29 is 9.47 Å². The van der Waals surface area contributed by atoms with Crippen molar-refractivity contribution >= 4 is 0 Å². The number of nitrogens with zero attached hydrogens (tertiary/aromatic N) is 1. The van der Waals surface area contributed by atoms with Crippen molar-refractivity contribution in [2.24, 2.45) is 5.41 Å². The van der Waals surface area contributed by atoms with E-state index in [1.54, 1.807) is 0 Å². The molecule has 4 heteroatoms. The monoisotopic (exact) mass is 284 g/mol. The number of morpholine rings is 1. The van der Waals surface area contributed by atoms with E-state index in [9.17, 15) is 0 Å². The Hall–Kier alpha value is -0.160. The van der Waals surface area contributed by atoms with Crippen LogP contribution in [-0.4, -0.2) is 63.0 Å². The van der Waals surface area contributed by atoms with Crippen molar-refractivity contribution in [1.82, 2.24) is 10.2 Å². The summed E-state index contributed by atoms with van der Waals surface area (Å²) in [4.78, 5) is 2.58. The number of ether oxygens (including phenoxy) is 2. The number of nitrogens with one attached hydrogen (secondary N) is 1. The molecule has 0 aromatic rings. The van der Waals surface area contributed by atoms with Gasteiger partial charge in [-0.05, 0) is 39.7 Å². The maximum absolute atomic E-state index is 5.83. The summed E-state index contributed by atoms with van der Waals surface area (Å²) in [5.74, 6) is 0. The van der Waals surface area contributed by atoms with Crippen molar-refractivity contribution in [3.8, 4) is 0 Å². The highest BCUT2D eigenvalue weighted by Crippen LogP contribution is 2.30. The quantitative estimate of drug-likeness (QED) is 0.755. The molecule has 0 saturated carbocycles. The van der Waals surface area contributed by atoms with Gasteiger partial charge < -0.3 is 14.8 Å². The topological polar surface area (TPSA) is 33.7 Å². The molecule has 2 heterocycles. The van der Waals surface area contributed by atoms with Gasteiger partial charge in [-0.3, -0.25) is 4.90 Å². The summed E-state index contributed by atoms with van der Waals surface area (Å²) >= 11 is 0. The van der Waals surface area contributed by atoms with Crippen molar-refractivity contribution in [2.45, 2.75) is 45.6 Å². The fraction of sp³-hybridized carbons (Fsp3) is 1.00. The Labute approximate surface area is 124 Å². The van der Waals surface area contributed by atoms with E-state index >= 15 is 0 Å². The minimum atomic E-state index is -0.00812. The third kappa shape index (κ3) is 4.69. The van der Waals surface area contributed by atoms with Gasteiger partial charge in [0.1, 0.15) is 0 Å². The molecule has 2 aliphatic heterocycles. The van der Waals surface area contributed by atoms with Crippen molar-refractivity contribution in [2.75, 3.05) is 52.5 Å². The predicted molar refractivity (Wildman–Crippen MR) is 82.1 cm³/mol. The molecule has 2 fully saturated rings. The Bertz CT molecular complexity index is 288. The molecule has 0 spiro atoms. The summed E-state index contributed by atoms with van der Waals surface area (Å²) in [6.07, 6.45) is 3.67. The van der Waals surface area contributed by atoms with Crippen molar-refractivity contribution in [3.63, 3.8) is 0 Å². The summed E-state index contributed by atoms with van der Waals surface area (Å²) in [6, 6.07) is 0. The zero-order chi connectivity index (χ0) is 14.5. The van der Waals surface area contributed by atoms with E-state index in [-0.39, 0.29) is 5.60 Å². The molecule has 1 unspecified atom stereocenters. The number of rotatable bonds is 6. The third-order valence-electron chi connectivity index (χ3n) is 4.39. The maximum atomic E-state index is 5.83. The summed E-state index contributed by atoms with van der Waals surface area (Å²) in [6.45, 7) is 14.7. The first kappa shape index (κ1) is 16.2. The second-order valence-corrected chi connectivity index (χ2v) is 7.15. The molecule has 1 atom stereocenters. The highest BCUT2D eigenvalue weighted by atomic mass is 16.5. The molecule has 118 valence electrons. The van der Waals surface area contributed by atoms with E-state index in [0.29, 0.717) is 5.41 Å². The minimum Gasteiger partial charge on any atom is -0.381 e. The molecule has 2 saturated heterocycles. The van der Waals surface area contributed by atoms with E-state index in [0.717, 1.165) is 52.5 Å². The molecule has 0 aromatic carbocycles. The molecule has 0 amide bonds. The standard InChI is InChI=1S/C16H32N2O2/c1-4-7-17-11-16(6-5-9-19-14-16)13-18-8-10-20-15(2,3)12-18/h17H,4-14H2,1-3H3. The lowest BCUT2D eigenvalue weighted by molar-refractivity contribution is -0.106. The fourth-order valence-corrected chi connectivity index (χ4v) is 3.48. The van der Waals surface area contributed by atoms with Crippen LogP contribution in [0, 0.1) is 5.41 Å². The Morgan fingerprint density at radius 3 is 2.75 bits per heavy atom. The molecule has 0 bridgehead atoms. The average molecular weight is 284 g/mol. The molecule has 0 radical (unpaired) electrons. The lowest BCUT2D eigenvalue weighted by atomic mass is 9.81. The van der Waals surface area contributed by atoms with Crippen molar-refractivity contribution in [1.29, 1.82) is 0 Å².